The number of hydrogen-bond donors (Lipinski definition) is 2. The van der Waals surface area contributed by atoms with Gasteiger partial charge in [-0.2, -0.15) is 11.8 Å². The highest BCUT2D eigenvalue weighted by atomic mass is 35.5. The van der Waals surface area contributed by atoms with E-state index < -0.39 is 0 Å². The number of thioether (sulfide) groups is 1. The maximum absolute atomic E-state index is 9.28. The van der Waals surface area contributed by atoms with Crippen molar-refractivity contribution in [2.75, 3.05) is 26.0 Å². The summed E-state index contributed by atoms with van der Waals surface area (Å²) in [4.78, 5) is 0. The van der Waals surface area contributed by atoms with E-state index in [1.807, 2.05) is 24.5 Å². The molecule has 1 aliphatic heterocycles. The molecule has 2 rings (SSSR count). The van der Waals surface area contributed by atoms with Gasteiger partial charge in [-0.1, -0.05) is 11.6 Å². The lowest BCUT2D eigenvalue weighted by Crippen LogP contribution is -2.39. The molecular weight excluding hydrogens is 294 g/mol. The second-order valence-corrected chi connectivity index (χ2v) is 6.41. The van der Waals surface area contributed by atoms with Gasteiger partial charge in [-0.15, -0.1) is 0 Å². The fraction of sp³-hybridized carbons (Fsp3) is 0.467. The number of aliphatic hydroxyl groups is 1. The molecular formula is C15H20ClNO2S. The molecule has 1 aliphatic rings. The number of halogens is 1. The van der Waals surface area contributed by atoms with Crippen molar-refractivity contribution in [1.82, 2.24) is 5.32 Å². The van der Waals surface area contributed by atoms with Crippen molar-refractivity contribution in [3.8, 4) is 5.75 Å². The molecule has 5 heteroatoms. The zero-order valence-electron chi connectivity index (χ0n) is 11.7. The first-order valence-electron chi connectivity index (χ1n) is 6.63. The molecule has 2 unspecified atom stereocenters. The first-order chi connectivity index (χ1) is 9.63. The first-order valence-corrected chi connectivity index (χ1v) is 8.29. The van der Waals surface area contributed by atoms with Gasteiger partial charge in [0, 0.05) is 28.4 Å². The Morgan fingerprint density at radius 3 is 3.00 bits per heavy atom. The van der Waals surface area contributed by atoms with Crippen molar-refractivity contribution in [3.63, 3.8) is 0 Å². The van der Waals surface area contributed by atoms with Gasteiger partial charge < -0.3 is 15.2 Å². The number of ether oxygens (including phenoxy) is 1. The second-order valence-electron chi connectivity index (χ2n) is 4.90. The molecule has 2 N–H and O–H groups in total. The van der Waals surface area contributed by atoms with E-state index >= 15 is 0 Å². The van der Waals surface area contributed by atoms with Gasteiger partial charge in [0.25, 0.3) is 0 Å². The lowest BCUT2D eigenvalue weighted by Gasteiger charge is -2.24. The summed E-state index contributed by atoms with van der Waals surface area (Å²) in [7, 11) is 0. The molecule has 2 atom stereocenters. The minimum atomic E-state index is 0.184. The topological polar surface area (TPSA) is 41.5 Å². The van der Waals surface area contributed by atoms with Crippen molar-refractivity contribution in [3.05, 3.63) is 34.4 Å². The standard InChI is InChI=1S/C15H20ClNO2S/c1-10(15(8-18)20-2)17-7-11-5-12-6-13(16)3-4-14(12)19-9-11/h3-6,10,15,17-18H,7-9H2,1-2H3. The predicted molar refractivity (Wildman–Crippen MR) is 86.8 cm³/mol. The number of hydrogen-bond acceptors (Lipinski definition) is 4. The molecule has 0 bridgehead atoms. The van der Waals surface area contributed by atoms with Crippen LogP contribution in [0.15, 0.2) is 23.8 Å². The Morgan fingerprint density at radius 2 is 2.30 bits per heavy atom. The summed E-state index contributed by atoms with van der Waals surface area (Å²) in [6, 6.07) is 5.90. The van der Waals surface area contributed by atoms with Crippen LogP contribution in [0, 0.1) is 0 Å². The average Bonchev–Trinajstić information content (AvgIpc) is 2.46. The third-order valence-electron chi connectivity index (χ3n) is 3.44. The Bertz CT molecular complexity index is 489. The van der Waals surface area contributed by atoms with Crippen LogP contribution in [-0.2, 0) is 0 Å². The van der Waals surface area contributed by atoms with Crippen LogP contribution < -0.4 is 10.1 Å². The Hall–Kier alpha value is -0.680. The van der Waals surface area contributed by atoms with Crippen molar-refractivity contribution < 1.29 is 9.84 Å². The number of fused-ring (bicyclic) bond motifs is 1. The highest BCUT2D eigenvalue weighted by Gasteiger charge is 2.16. The molecule has 3 nitrogen and oxygen atoms in total. The van der Waals surface area contributed by atoms with Crippen LogP contribution in [0.4, 0.5) is 0 Å². The molecule has 0 amide bonds. The van der Waals surface area contributed by atoms with Crippen LogP contribution in [0.1, 0.15) is 12.5 Å². The van der Waals surface area contributed by atoms with E-state index in [2.05, 4.69) is 18.3 Å². The molecule has 110 valence electrons. The van der Waals surface area contributed by atoms with Gasteiger partial charge >= 0.3 is 0 Å². The summed E-state index contributed by atoms with van der Waals surface area (Å²) in [5, 5.41) is 13.6. The highest BCUT2D eigenvalue weighted by molar-refractivity contribution is 7.99. The predicted octanol–water partition coefficient (Wildman–Crippen LogP) is 2.82. The van der Waals surface area contributed by atoms with Gasteiger partial charge in [-0.3, -0.25) is 0 Å². The van der Waals surface area contributed by atoms with Gasteiger partial charge in [0.2, 0.25) is 0 Å². The Labute approximate surface area is 129 Å². The van der Waals surface area contributed by atoms with E-state index in [4.69, 9.17) is 16.3 Å². The molecule has 0 saturated heterocycles. The van der Waals surface area contributed by atoms with Crippen LogP contribution in [-0.4, -0.2) is 42.4 Å². The maximum Gasteiger partial charge on any atom is 0.127 e. The molecule has 1 aromatic rings. The minimum Gasteiger partial charge on any atom is -0.489 e. The van der Waals surface area contributed by atoms with E-state index in [9.17, 15) is 5.11 Å². The molecule has 0 radical (unpaired) electrons. The normalized spacial score (nSPS) is 16.9. The Morgan fingerprint density at radius 1 is 1.50 bits per heavy atom. The molecule has 0 spiro atoms. The molecule has 0 saturated carbocycles. The summed E-state index contributed by atoms with van der Waals surface area (Å²) in [6.45, 7) is 3.62. The quantitative estimate of drug-likeness (QED) is 0.847. The Kier molecular flexibility index (Phi) is 5.78. The van der Waals surface area contributed by atoms with E-state index in [1.54, 1.807) is 11.8 Å². The van der Waals surface area contributed by atoms with Crippen LogP contribution in [0.25, 0.3) is 6.08 Å². The fourth-order valence-electron chi connectivity index (χ4n) is 2.16. The lowest BCUT2D eigenvalue weighted by atomic mass is 10.1. The van der Waals surface area contributed by atoms with Gasteiger partial charge in [0.05, 0.1) is 6.61 Å². The molecule has 0 aromatic heterocycles. The summed E-state index contributed by atoms with van der Waals surface area (Å²) in [5.41, 5.74) is 2.21. The SMILES string of the molecule is CSC(CO)C(C)NCC1=Cc2cc(Cl)ccc2OC1. The smallest absolute Gasteiger partial charge is 0.127 e. The summed E-state index contributed by atoms with van der Waals surface area (Å²) in [6.07, 6.45) is 4.14. The van der Waals surface area contributed by atoms with E-state index in [0.29, 0.717) is 11.6 Å². The summed E-state index contributed by atoms with van der Waals surface area (Å²) in [5.74, 6) is 0.878. The van der Waals surface area contributed by atoms with E-state index in [-0.39, 0.29) is 17.9 Å². The number of rotatable bonds is 6. The number of nitrogens with one attached hydrogen (secondary N) is 1. The van der Waals surface area contributed by atoms with E-state index in [0.717, 1.165) is 17.9 Å². The zero-order chi connectivity index (χ0) is 14.5. The minimum absolute atomic E-state index is 0.184. The van der Waals surface area contributed by atoms with Gasteiger partial charge in [0.15, 0.2) is 0 Å². The third kappa shape index (κ3) is 3.92. The van der Waals surface area contributed by atoms with Crippen molar-refractivity contribution in [2.45, 2.75) is 18.2 Å². The van der Waals surface area contributed by atoms with Gasteiger partial charge in [-0.25, -0.2) is 0 Å². The molecule has 1 aromatic carbocycles. The number of aliphatic hydroxyl groups excluding tert-OH is 1. The summed E-state index contributed by atoms with van der Waals surface area (Å²) >= 11 is 7.67. The van der Waals surface area contributed by atoms with Crippen LogP contribution in [0.3, 0.4) is 0 Å². The zero-order valence-corrected chi connectivity index (χ0v) is 13.3. The van der Waals surface area contributed by atoms with Gasteiger partial charge in [0.1, 0.15) is 12.4 Å². The fourth-order valence-corrected chi connectivity index (χ4v) is 2.99. The van der Waals surface area contributed by atoms with E-state index in [1.165, 1.54) is 5.57 Å². The molecule has 1 heterocycles. The Balaban J connectivity index is 1.98. The van der Waals surface area contributed by atoms with Crippen molar-refractivity contribution in [1.29, 1.82) is 0 Å². The molecule has 0 fully saturated rings. The third-order valence-corrected chi connectivity index (χ3v) is 4.83. The molecule has 20 heavy (non-hydrogen) atoms. The summed E-state index contributed by atoms with van der Waals surface area (Å²) < 4.78 is 5.71. The van der Waals surface area contributed by atoms with Crippen molar-refractivity contribution in [2.24, 2.45) is 0 Å². The average molecular weight is 314 g/mol. The monoisotopic (exact) mass is 313 g/mol. The number of benzene rings is 1. The van der Waals surface area contributed by atoms with Crippen LogP contribution >= 0.6 is 23.4 Å². The lowest BCUT2D eigenvalue weighted by molar-refractivity contribution is 0.276. The largest absolute Gasteiger partial charge is 0.489 e. The highest BCUT2D eigenvalue weighted by Crippen LogP contribution is 2.28. The first kappa shape index (κ1) is 15.7. The second kappa shape index (κ2) is 7.36. The molecule has 0 aliphatic carbocycles. The van der Waals surface area contributed by atoms with Crippen LogP contribution in [0.5, 0.6) is 5.75 Å². The van der Waals surface area contributed by atoms with Gasteiger partial charge in [-0.05, 0) is 43.0 Å². The maximum atomic E-state index is 9.28. The van der Waals surface area contributed by atoms with Crippen molar-refractivity contribution >= 4 is 29.4 Å². The van der Waals surface area contributed by atoms with Crippen LogP contribution in [0.2, 0.25) is 5.02 Å².